The summed E-state index contributed by atoms with van der Waals surface area (Å²) < 4.78 is 39.4. The third kappa shape index (κ3) is 4.93. The van der Waals surface area contributed by atoms with Crippen molar-refractivity contribution in [2.24, 2.45) is 0 Å². The number of nitrogens with two attached hydrogens (primary N) is 1. The van der Waals surface area contributed by atoms with Crippen molar-refractivity contribution >= 4 is 28.1 Å². The fourth-order valence-electron chi connectivity index (χ4n) is 4.17. The van der Waals surface area contributed by atoms with Gasteiger partial charge in [0.25, 0.3) is 0 Å². The van der Waals surface area contributed by atoms with Gasteiger partial charge in [0.1, 0.15) is 11.6 Å². The zero-order chi connectivity index (χ0) is 26.8. The number of anilines is 2. The number of nitrogen functional groups attached to an aromatic ring is 1. The molecule has 3 aromatic rings. The fraction of sp³-hybridized carbons (Fsp3) is 0.444. The quantitative estimate of drug-likeness (QED) is 0.370. The Morgan fingerprint density at radius 2 is 1.75 bits per heavy atom. The van der Waals surface area contributed by atoms with Gasteiger partial charge in [-0.25, -0.2) is 4.39 Å². The summed E-state index contributed by atoms with van der Waals surface area (Å²) in [5.74, 6) is 0.272. The van der Waals surface area contributed by atoms with E-state index in [1.807, 2.05) is 39.8 Å². The van der Waals surface area contributed by atoms with Crippen molar-refractivity contribution in [1.29, 1.82) is 0 Å². The summed E-state index contributed by atoms with van der Waals surface area (Å²) in [5, 5.41) is 0.717. The third-order valence-electron chi connectivity index (χ3n) is 6.22. The van der Waals surface area contributed by atoms with E-state index in [2.05, 4.69) is 0 Å². The predicted molar refractivity (Wildman–Crippen MR) is 140 cm³/mol. The maximum Gasteiger partial charge on any atom is 0.197 e. The molecule has 0 radical (unpaired) electrons. The Balaban J connectivity index is 2.10. The van der Waals surface area contributed by atoms with Gasteiger partial charge in [-0.15, -0.1) is 0 Å². The summed E-state index contributed by atoms with van der Waals surface area (Å²) >= 11 is 0. The number of carbonyl (C=O) groups excluding carboxylic acids is 1. The van der Waals surface area contributed by atoms with Crippen LogP contribution in [0.2, 0.25) is 0 Å². The summed E-state index contributed by atoms with van der Waals surface area (Å²) in [7, 11) is 6.95. The summed E-state index contributed by atoms with van der Waals surface area (Å²) in [6.45, 7) is 7.93. The van der Waals surface area contributed by atoms with Gasteiger partial charge < -0.3 is 34.1 Å². The van der Waals surface area contributed by atoms with Crippen LogP contribution in [0.25, 0.3) is 10.8 Å². The number of carbonyl (C=O) groups is 1. The van der Waals surface area contributed by atoms with Gasteiger partial charge in [-0.2, -0.15) is 0 Å². The normalized spacial score (nSPS) is 11.6. The van der Waals surface area contributed by atoms with E-state index >= 15 is 4.39 Å². The van der Waals surface area contributed by atoms with Gasteiger partial charge in [-0.3, -0.25) is 4.79 Å². The van der Waals surface area contributed by atoms with E-state index in [9.17, 15) is 4.79 Å². The molecule has 0 atom stereocenters. The third-order valence-corrected chi connectivity index (χ3v) is 6.22. The lowest BCUT2D eigenvalue weighted by atomic mass is 9.92. The molecule has 0 amide bonds. The first-order valence-corrected chi connectivity index (χ1v) is 11.8. The molecule has 0 saturated heterocycles. The number of halogens is 1. The Kier molecular flexibility index (Phi) is 8.03. The zero-order valence-electron chi connectivity index (χ0n) is 22.3. The minimum Gasteiger partial charge on any atom is -0.494 e. The number of aromatic nitrogens is 1. The van der Waals surface area contributed by atoms with Crippen LogP contribution in [0.3, 0.4) is 0 Å². The molecule has 0 fully saturated rings. The molecule has 196 valence electrons. The number of Topliss-reactive ketones (excluding diaryl/α,β-unsaturated/α-hetero) is 1. The largest absolute Gasteiger partial charge is 0.494 e. The first-order chi connectivity index (χ1) is 17.0. The molecular weight excluding hydrogens is 465 g/mol. The van der Waals surface area contributed by atoms with E-state index in [1.54, 1.807) is 50.1 Å². The molecule has 0 spiro atoms. The number of ether oxygens (including phenoxy) is 4. The number of rotatable bonds is 11. The van der Waals surface area contributed by atoms with Crippen LogP contribution in [0.4, 0.5) is 15.9 Å². The molecule has 2 N–H and O–H groups in total. The van der Waals surface area contributed by atoms with Gasteiger partial charge in [0, 0.05) is 43.9 Å². The molecule has 0 aliphatic heterocycles. The van der Waals surface area contributed by atoms with E-state index in [1.165, 1.54) is 0 Å². The number of hydrogen-bond donors (Lipinski definition) is 1. The van der Waals surface area contributed by atoms with E-state index in [-0.39, 0.29) is 35.9 Å². The average molecular weight is 502 g/mol. The molecule has 0 unspecified atom stereocenters. The molecule has 2 aromatic carbocycles. The molecule has 3 rings (SSSR count). The van der Waals surface area contributed by atoms with Crippen molar-refractivity contribution in [3.05, 3.63) is 41.3 Å². The zero-order valence-corrected chi connectivity index (χ0v) is 22.3. The van der Waals surface area contributed by atoms with E-state index < -0.39 is 11.4 Å². The Morgan fingerprint density at radius 3 is 2.31 bits per heavy atom. The lowest BCUT2D eigenvalue weighted by molar-refractivity contribution is 0.0173. The van der Waals surface area contributed by atoms with Crippen molar-refractivity contribution in [1.82, 2.24) is 4.57 Å². The Labute approximate surface area is 211 Å². The summed E-state index contributed by atoms with van der Waals surface area (Å²) in [6.07, 6.45) is 1.65. The minimum atomic E-state index is -0.706. The number of ketones is 1. The van der Waals surface area contributed by atoms with Crippen molar-refractivity contribution in [3.63, 3.8) is 0 Å². The van der Waals surface area contributed by atoms with Crippen LogP contribution >= 0.6 is 0 Å². The van der Waals surface area contributed by atoms with Gasteiger partial charge in [-0.05, 0) is 45.9 Å². The Morgan fingerprint density at radius 1 is 1.08 bits per heavy atom. The molecule has 0 aliphatic rings. The van der Waals surface area contributed by atoms with Crippen LogP contribution in [0.15, 0.2) is 24.4 Å². The van der Waals surface area contributed by atoms with Gasteiger partial charge in [0.15, 0.2) is 23.1 Å². The molecule has 0 aliphatic carbocycles. The fourth-order valence-corrected chi connectivity index (χ4v) is 4.17. The average Bonchev–Trinajstić information content (AvgIpc) is 3.15. The van der Waals surface area contributed by atoms with Crippen LogP contribution in [-0.4, -0.2) is 51.9 Å². The molecule has 36 heavy (non-hydrogen) atoms. The van der Waals surface area contributed by atoms with E-state index in [4.69, 9.17) is 24.7 Å². The van der Waals surface area contributed by atoms with Crippen molar-refractivity contribution in [2.75, 3.05) is 52.2 Å². The summed E-state index contributed by atoms with van der Waals surface area (Å²) in [4.78, 5) is 15.4. The van der Waals surface area contributed by atoms with Crippen LogP contribution in [0, 0.1) is 5.82 Å². The molecule has 0 bridgehead atoms. The van der Waals surface area contributed by atoms with Crippen LogP contribution in [0.1, 0.15) is 43.6 Å². The highest BCUT2D eigenvalue weighted by Crippen LogP contribution is 2.41. The predicted octanol–water partition coefficient (Wildman–Crippen LogP) is 5.00. The minimum absolute atomic E-state index is 0.0137. The highest BCUT2D eigenvalue weighted by Gasteiger charge is 2.29. The highest BCUT2D eigenvalue weighted by molar-refractivity contribution is 6.00. The lowest BCUT2D eigenvalue weighted by Gasteiger charge is -2.29. The Bertz CT molecular complexity index is 1270. The van der Waals surface area contributed by atoms with E-state index in [0.717, 1.165) is 11.3 Å². The van der Waals surface area contributed by atoms with Crippen LogP contribution in [-0.2, 0) is 16.9 Å². The number of benzene rings is 2. The Hall–Kier alpha value is -3.46. The summed E-state index contributed by atoms with van der Waals surface area (Å²) in [6, 6.07) is 5.23. The molecule has 1 aromatic heterocycles. The van der Waals surface area contributed by atoms with Crippen molar-refractivity contribution in [2.45, 2.75) is 39.8 Å². The lowest BCUT2D eigenvalue weighted by Crippen LogP contribution is -2.23. The second-order valence-electron chi connectivity index (χ2n) is 9.10. The van der Waals surface area contributed by atoms with Crippen molar-refractivity contribution < 1.29 is 28.1 Å². The molecular formula is C27H36FN3O5. The van der Waals surface area contributed by atoms with Crippen LogP contribution in [0.5, 0.6) is 17.2 Å². The molecule has 0 saturated carbocycles. The standard InChI is InChI=1S/C27H36FN3O5/c1-9-35-21-13-17-14-31(26(29)22(17)23(28)25(21)36-10-2)15-20(32)16-11-18(27(3,4)34-8)24(33-7)19(12-16)30(5)6/h11-14H,9-10,15,29H2,1-8H3. The molecule has 9 heteroatoms. The SMILES string of the molecule is CCOc1cc2cn(CC(=O)c3cc(N(C)C)c(OC)c(C(C)(C)OC)c3)c(N)c2c(F)c1OCC. The number of fused-ring (bicyclic) bond motifs is 1. The number of nitrogens with zero attached hydrogens (tertiary/aromatic N) is 2. The first kappa shape index (κ1) is 27.1. The number of methoxy groups -OCH3 is 2. The maximum absolute atomic E-state index is 15.4. The van der Waals surface area contributed by atoms with Crippen molar-refractivity contribution in [3.8, 4) is 17.2 Å². The van der Waals surface area contributed by atoms with Gasteiger partial charge in [-0.1, -0.05) is 0 Å². The first-order valence-electron chi connectivity index (χ1n) is 11.8. The topological polar surface area (TPSA) is 88.2 Å². The van der Waals surface area contributed by atoms with Gasteiger partial charge in [0.05, 0.1) is 43.5 Å². The van der Waals surface area contributed by atoms with Gasteiger partial charge >= 0.3 is 0 Å². The smallest absolute Gasteiger partial charge is 0.197 e. The van der Waals surface area contributed by atoms with Gasteiger partial charge in [0.2, 0.25) is 0 Å². The number of hydrogen-bond acceptors (Lipinski definition) is 7. The van der Waals surface area contributed by atoms with E-state index in [0.29, 0.717) is 29.1 Å². The second kappa shape index (κ2) is 10.7. The summed E-state index contributed by atoms with van der Waals surface area (Å²) in [5.41, 5.74) is 7.56. The molecule has 1 heterocycles. The maximum atomic E-state index is 15.4. The highest BCUT2D eigenvalue weighted by atomic mass is 19.1. The van der Waals surface area contributed by atoms with Crippen LogP contribution < -0.4 is 24.8 Å². The molecule has 8 nitrogen and oxygen atoms in total. The second-order valence-corrected chi connectivity index (χ2v) is 9.10. The monoisotopic (exact) mass is 501 g/mol.